The number of nitriles is 2. The number of nitrogens with zero attached hydrogens (tertiary/aromatic N) is 3. The maximum Gasteiger partial charge on any atom is 0.137 e. The minimum absolute atomic E-state index is 0.0939. The Bertz CT molecular complexity index is 1220. The highest BCUT2D eigenvalue weighted by atomic mass is 16.5. The van der Waals surface area contributed by atoms with Gasteiger partial charge in [0.25, 0.3) is 0 Å². The zero-order chi connectivity index (χ0) is 29.7. The van der Waals surface area contributed by atoms with Crippen LogP contribution >= 0.6 is 0 Å². The predicted octanol–water partition coefficient (Wildman–Crippen LogP) is 9.59. The Morgan fingerprint density at radius 1 is 0.829 bits per heavy atom. The van der Waals surface area contributed by atoms with Crippen molar-refractivity contribution in [3.05, 3.63) is 70.7 Å². The zero-order valence-electron chi connectivity index (χ0n) is 26.2. The quantitative estimate of drug-likeness (QED) is 0.317. The Balaban J connectivity index is 1.67. The number of anilines is 1. The van der Waals surface area contributed by atoms with Gasteiger partial charge in [-0.2, -0.15) is 10.5 Å². The van der Waals surface area contributed by atoms with Crippen LogP contribution in [-0.4, -0.2) is 12.1 Å². The van der Waals surface area contributed by atoms with Gasteiger partial charge in [0.05, 0.1) is 0 Å². The third kappa shape index (κ3) is 7.35. The van der Waals surface area contributed by atoms with E-state index in [0.717, 1.165) is 29.2 Å². The first-order chi connectivity index (χ1) is 19.6. The van der Waals surface area contributed by atoms with Crippen LogP contribution in [0.4, 0.5) is 5.69 Å². The van der Waals surface area contributed by atoms with E-state index in [2.05, 4.69) is 70.7 Å². The molecule has 1 aromatic carbocycles. The predicted molar refractivity (Wildman–Crippen MR) is 169 cm³/mol. The molecule has 2 saturated carbocycles. The molecule has 0 amide bonds. The largest absolute Gasteiger partial charge is 0.462 e. The van der Waals surface area contributed by atoms with Crippen molar-refractivity contribution in [2.75, 3.05) is 4.90 Å². The fraction of sp³-hybridized carbons (Fsp3) is 0.568. The summed E-state index contributed by atoms with van der Waals surface area (Å²) < 4.78 is 5.86. The van der Waals surface area contributed by atoms with E-state index in [9.17, 15) is 10.5 Å². The summed E-state index contributed by atoms with van der Waals surface area (Å²) in [6.45, 7) is 16.5. The topological polar surface area (TPSA) is 60.0 Å². The van der Waals surface area contributed by atoms with Crippen LogP contribution in [0.5, 0.6) is 0 Å². The van der Waals surface area contributed by atoms with Gasteiger partial charge in [-0.3, -0.25) is 0 Å². The maximum atomic E-state index is 9.29. The molecule has 1 heterocycles. The van der Waals surface area contributed by atoms with Crippen LogP contribution in [0.2, 0.25) is 0 Å². The van der Waals surface area contributed by atoms with Crippen molar-refractivity contribution in [1.29, 1.82) is 10.5 Å². The van der Waals surface area contributed by atoms with Crippen LogP contribution in [0.25, 0.3) is 6.08 Å². The maximum absolute atomic E-state index is 9.29. The van der Waals surface area contributed by atoms with Crippen molar-refractivity contribution < 1.29 is 4.74 Å². The fourth-order valence-corrected chi connectivity index (χ4v) is 7.55. The summed E-state index contributed by atoms with van der Waals surface area (Å²) in [7, 11) is 0. The molecule has 3 aliphatic rings. The standard InChI is InChI=1S/C37H49N3O/c1-24(2)34-16-8-26(5)18-36(34)40(37-19-27(6)9-17-35(37)25(3)4)32-13-10-29(11-14-32)12-15-33-21-30(20-28(7)41-33)31(22-38)23-39/h10-15,20-21,24-27,34-37H,8-9,16-19H2,1-7H3. The molecule has 218 valence electrons. The lowest BCUT2D eigenvalue weighted by Gasteiger charge is -2.53. The van der Waals surface area contributed by atoms with Gasteiger partial charge < -0.3 is 9.64 Å². The van der Waals surface area contributed by atoms with Crippen molar-refractivity contribution in [3.8, 4) is 12.1 Å². The van der Waals surface area contributed by atoms with Crippen molar-refractivity contribution in [3.63, 3.8) is 0 Å². The van der Waals surface area contributed by atoms with Crippen molar-refractivity contribution >= 4 is 11.8 Å². The van der Waals surface area contributed by atoms with E-state index >= 15 is 0 Å². The Labute approximate surface area is 249 Å². The number of ether oxygens (including phenoxy) is 1. The van der Waals surface area contributed by atoms with E-state index in [4.69, 9.17) is 4.74 Å². The molecule has 6 unspecified atom stereocenters. The lowest BCUT2D eigenvalue weighted by atomic mass is 9.69. The number of benzene rings is 1. The number of rotatable bonds is 7. The van der Waals surface area contributed by atoms with E-state index in [1.807, 2.05) is 31.2 Å². The molecule has 4 heteroatoms. The average molecular weight is 552 g/mol. The van der Waals surface area contributed by atoms with E-state index in [-0.39, 0.29) is 5.57 Å². The number of hydrogen-bond acceptors (Lipinski definition) is 4. The van der Waals surface area contributed by atoms with Crippen LogP contribution in [0, 0.1) is 58.2 Å². The molecule has 6 atom stereocenters. The van der Waals surface area contributed by atoms with E-state index in [1.54, 1.807) is 12.2 Å². The molecule has 1 aromatic rings. The molecular weight excluding hydrogens is 502 g/mol. The van der Waals surface area contributed by atoms with Crippen LogP contribution in [0.15, 0.2) is 65.2 Å². The van der Waals surface area contributed by atoms with Gasteiger partial charge in [0.1, 0.15) is 29.2 Å². The van der Waals surface area contributed by atoms with Crippen molar-refractivity contribution in [2.24, 2.45) is 35.5 Å². The summed E-state index contributed by atoms with van der Waals surface area (Å²) >= 11 is 0. The molecular formula is C37H49N3O. The summed E-state index contributed by atoms with van der Waals surface area (Å²) in [5, 5.41) is 18.6. The van der Waals surface area contributed by atoms with Crippen LogP contribution < -0.4 is 4.90 Å². The molecule has 0 bridgehead atoms. The number of allylic oxidation sites excluding steroid dienone is 6. The second-order valence-corrected chi connectivity index (χ2v) is 13.6. The molecule has 4 nitrogen and oxygen atoms in total. The highest BCUT2D eigenvalue weighted by molar-refractivity contribution is 5.60. The second-order valence-electron chi connectivity index (χ2n) is 13.6. The zero-order valence-corrected chi connectivity index (χ0v) is 26.2. The van der Waals surface area contributed by atoms with Crippen LogP contribution in [0.1, 0.15) is 92.6 Å². The Hall–Kier alpha value is -3.24. The Morgan fingerprint density at radius 2 is 1.37 bits per heavy atom. The molecule has 41 heavy (non-hydrogen) atoms. The van der Waals surface area contributed by atoms with Gasteiger partial charge in [-0.05, 0) is 104 Å². The van der Waals surface area contributed by atoms with Gasteiger partial charge in [0, 0.05) is 23.3 Å². The molecule has 0 radical (unpaired) electrons. The molecule has 0 N–H and O–H groups in total. The molecule has 0 saturated heterocycles. The van der Waals surface area contributed by atoms with E-state index in [1.165, 1.54) is 44.2 Å². The highest BCUT2D eigenvalue weighted by Gasteiger charge is 2.42. The van der Waals surface area contributed by atoms with E-state index in [0.29, 0.717) is 41.0 Å². The minimum atomic E-state index is 0.0939. The first-order valence-electron chi connectivity index (χ1n) is 15.8. The lowest BCUT2D eigenvalue weighted by molar-refractivity contribution is 0.136. The molecule has 1 aliphatic heterocycles. The smallest absolute Gasteiger partial charge is 0.137 e. The fourth-order valence-electron chi connectivity index (χ4n) is 7.55. The summed E-state index contributed by atoms with van der Waals surface area (Å²) in [6, 6.07) is 14.2. The average Bonchev–Trinajstić information content (AvgIpc) is 2.93. The Morgan fingerprint density at radius 3 is 1.85 bits per heavy atom. The summed E-state index contributed by atoms with van der Waals surface area (Å²) in [5.41, 5.74) is 3.15. The molecule has 4 rings (SSSR count). The molecule has 0 aromatic heterocycles. The van der Waals surface area contributed by atoms with Crippen LogP contribution in [0.3, 0.4) is 0 Å². The van der Waals surface area contributed by atoms with Gasteiger partial charge in [0.2, 0.25) is 0 Å². The normalized spacial score (nSPS) is 28.5. The second kappa shape index (κ2) is 13.6. The van der Waals surface area contributed by atoms with Crippen molar-refractivity contribution in [1.82, 2.24) is 0 Å². The summed E-state index contributed by atoms with van der Waals surface area (Å²) in [6.07, 6.45) is 15.4. The lowest BCUT2D eigenvalue weighted by Crippen LogP contribution is -2.55. The first kappa shape index (κ1) is 30.7. The Kier molecular flexibility index (Phi) is 10.2. The third-order valence-electron chi connectivity index (χ3n) is 9.77. The van der Waals surface area contributed by atoms with Gasteiger partial charge >= 0.3 is 0 Å². The number of hydrogen-bond donors (Lipinski definition) is 0. The molecule has 2 aliphatic carbocycles. The monoisotopic (exact) mass is 551 g/mol. The summed E-state index contributed by atoms with van der Waals surface area (Å²) in [5.74, 6) is 5.62. The van der Waals surface area contributed by atoms with E-state index < -0.39 is 0 Å². The van der Waals surface area contributed by atoms with Gasteiger partial charge in [-0.25, -0.2) is 0 Å². The molecule has 2 fully saturated rings. The highest BCUT2D eigenvalue weighted by Crippen LogP contribution is 2.45. The van der Waals surface area contributed by atoms with Crippen molar-refractivity contribution in [2.45, 2.75) is 99.1 Å². The van der Waals surface area contributed by atoms with Crippen LogP contribution in [-0.2, 0) is 4.74 Å². The minimum Gasteiger partial charge on any atom is -0.462 e. The summed E-state index contributed by atoms with van der Waals surface area (Å²) in [4.78, 5) is 2.90. The first-order valence-corrected chi connectivity index (χ1v) is 15.8. The third-order valence-corrected chi connectivity index (χ3v) is 9.77. The van der Waals surface area contributed by atoms with Gasteiger partial charge in [-0.15, -0.1) is 0 Å². The van der Waals surface area contributed by atoms with Gasteiger partial charge in [-0.1, -0.05) is 72.6 Å². The molecule has 0 spiro atoms. The SMILES string of the molecule is CC1=CC(=C(C#N)C#N)C=C(C=Cc2ccc(N(C3CC(C)CCC3C(C)C)C3CC(C)CCC3C(C)C)cc2)O1. The van der Waals surface area contributed by atoms with Gasteiger partial charge in [0.15, 0.2) is 0 Å².